The Bertz CT molecular complexity index is 662. The third-order valence-corrected chi connectivity index (χ3v) is 5.83. The average Bonchev–Trinajstić information content (AvgIpc) is 3.18. The van der Waals surface area contributed by atoms with E-state index in [-0.39, 0.29) is 18.1 Å². The quantitative estimate of drug-likeness (QED) is 0.795. The highest BCUT2D eigenvalue weighted by Gasteiger charge is 2.22. The van der Waals surface area contributed by atoms with Crippen LogP contribution in [-0.4, -0.2) is 41.1 Å². The van der Waals surface area contributed by atoms with E-state index in [0.29, 0.717) is 11.6 Å². The minimum atomic E-state index is 0.0473. The predicted octanol–water partition coefficient (Wildman–Crippen LogP) is 3.78. The molecule has 0 aromatic carbocycles. The Morgan fingerprint density at radius 2 is 2.16 bits per heavy atom. The third kappa shape index (κ3) is 5.88. The molecule has 25 heavy (non-hydrogen) atoms. The van der Waals surface area contributed by atoms with Crippen LogP contribution in [0.2, 0.25) is 0 Å². The summed E-state index contributed by atoms with van der Waals surface area (Å²) in [5.74, 6) is 0.0473. The summed E-state index contributed by atoms with van der Waals surface area (Å²) < 4.78 is 5.76. The fourth-order valence-corrected chi connectivity index (χ4v) is 4.61. The highest BCUT2D eigenvalue weighted by atomic mass is 32.1. The molecule has 0 unspecified atom stereocenters. The molecular weight excluding hydrogens is 354 g/mol. The number of morpholine rings is 1. The number of aromatic nitrogens is 1. The maximum atomic E-state index is 12.1. The van der Waals surface area contributed by atoms with E-state index in [1.165, 1.54) is 16.2 Å². The van der Waals surface area contributed by atoms with Crippen LogP contribution in [-0.2, 0) is 22.5 Å². The Balaban J connectivity index is 1.42. The summed E-state index contributed by atoms with van der Waals surface area (Å²) in [4.78, 5) is 20.3. The lowest BCUT2D eigenvalue weighted by atomic mass is 10.2. The van der Waals surface area contributed by atoms with Gasteiger partial charge >= 0.3 is 0 Å². The molecule has 3 heterocycles. The van der Waals surface area contributed by atoms with Crippen molar-refractivity contribution in [1.82, 2.24) is 9.88 Å². The van der Waals surface area contributed by atoms with Crippen molar-refractivity contribution < 1.29 is 9.53 Å². The maximum Gasteiger partial charge on any atom is 0.226 e. The number of ether oxygens (including phenoxy) is 1. The maximum absolute atomic E-state index is 12.1. The molecule has 1 N–H and O–H groups in total. The summed E-state index contributed by atoms with van der Waals surface area (Å²) in [7, 11) is 0. The molecule has 2 atom stereocenters. The first-order chi connectivity index (χ1) is 12.1. The zero-order valence-electron chi connectivity index (χ0n) is 14.7. The highest BCUT2D eigenvalue weighted by molar-refractivity contribution is 7.13. The summed E-state index contributed by atoms with van der Waals surface area (Å²) in [5, 5.41) is 7.73. The van der Waals surface area contributed by atoms with Crippen molar-refractivity contribution in [3.63, 3.8) is 0 Å². The van der Waals surface area contributed by atoms with Crippen molar-refractivity contribution >= 4 is 33.7 Å². The van der Waals surface area contributed by atoms with Gasteiger partial charge in [-0.3, -0.25) is 9.69 Å². The summed E-state index contributed by atoms with van der Waals surface area (Å²) in [6, 6.07) is 4.16. The Morgan fingerprint density at radius 3 is 2.88 bits per heavy atom. The fraction of sp³-hybridized carbons (Fsp3) is 0.556. The molecule has 2 aromatic rings. The molecular formula is C18H25N3O2S2. The number of carbonyl (C=O) groups is 1. The predicted molar refractivity (Wildman–Crippen MR) is 103 cm³/mol. The average molecular weight is 380 g/mol. The van der Waals surface area contributed by atoms with Gasteiger partial charge in [0.05, 0.1) is 17.9 Å². The number of aryl methyl sites for hydroxylation is 1. The molecule has 136 valence electrons. The summed E-state index contributed by atoms with van der Waals surface area (Å²) >= 11 is 3.24. The minimum Gasteiger partial charge on any atom is -0.373 e. The van der Waals surface area contributed by atoms with E-state index < -0.39 is 0 Å². The molecule has 0 spiro atoms. The Labute approximate surface area is 157 Å². The van der Waals surface area contributed by atoms with Gasteiger partial charge in [0.2, 0.25) is 5.91 Å². The van der Waals surface area contributed by atoms with Gasteiger partial charge in [0.25, 0.3) is 0 Å². The van der Waals surface area contributed by atoms with Crippen LogP contribution in [0.3, 0.4) is 0 Å². The lowest BCUT2D eigenvalue weighted by Crippen LogP contribution is -2.44. The van der Waals surface area contributed by atoms with E-state index in [1.807, 2.05) is 11.4 Å². The van der Waals surface area contributed by atoms with Gasteiger partial charge in [0.1, 0.15) is 0 Å². The van der Waals surface area contributed by atoms with Gasteiger partial charge in [0, 0.05) is 36.3 Å². The Hall–Kier alpha value is -1.28. The van der Waals surface area contributed by atoms with Crippen LogP contribution in [0.5, 0.6) is 0 Å². The Kier molecular flexibility index (Phi) is 6.58. The van der Waals surface area contributed by atoms with Gasteiger partial charge < -0.3 is 10.1 Å². The monoisotopic (exact) mass is 379 g/mol. The first kappa shape index (κ1) is 18.5. The van der Waals surface area contributed by atoms with E-state index in [9.17, 15) is 4.79 Å². The largest absolute Gasteiger partial charge is 0.373 e. The highest BCUT2D eigenvalue weighted by Crippen LogP contribution is 2.20. The van der Waals surface area contributed by atoms with E-state index in [0.717, 1.165) is 38.2 Å². The fourth-order valence-electron chi connectivity index (χ4n) is 3.14. The smallest absolute Gasteiger partial charge is 0.226 e. The summed E-state index contributed by atoms with van der Waals surface area (Å²) in [6.45, 7) is 6.86. The molecule has 1 amide bonds. The zero-order chi connectivity index (χ0) is 17.6. The number of nitrogens with zero attached hydrogens (tertiary/aromatic N) is 2. The number of thiazole rings is 1. The van der Waals surface area contributed by atoms with E-state index in [2.05, 4.69) is 40.5 Å². The number of nitrogens with one attached hydrogen (secondary N) is 1. The normalized spacial score (nSPS) is 21.4. The lowest BCUT2D eigenvalue weighted by molar-refractivity contribution is -0.116. The zero-order valence-corrected chi connectivity index (χ0v) is 16.4. The van der Waals surface area contributed by atoms with Crippen LogP contribution < -0.4 is 5.32 Å². The first-order valence-corrected chi connectivity index (χ1v) is 10.5. The number of hydrogen-bond acceptors (Lipinski definition) is 6. The molecule has 1 saturated heterocycles. The van der Waals surface area contributed by atoms with Crippen LogP contribution in [0, 0.1) is 0 Å². The minimum absolute atomic E-state index is 0.0473. The summed E-state index contributed by atoms with van der Waals surface area (Å²) in [5.41, 5.74) is 1.01. The molecule has 0 bridgehead atoms. The first-order valence-electron chi connectivity index (χ1n) is 8.73. The van der Waals surface area contributed by atoms with Gasteiger partial charge in [-0.2, -0.15) is 0 Å². The summed E-state index contributed by atoms with van der Waals surface area (Å²) in [6.07, 6.45) is 2.87. The van der Waals surface area contributed by atoms with Gasteiger partial charge in [0.15, 0.2) is 5.13 Å². The van der Waals surface area contributed by atoms with E-state index >= 15 is 0 Å². The number of anilines is 1. The van der Waals surface area contributed by atoms with Gasteiger partial charge in [-0.15, -0.1) is 22.7 Å². The SMILES string of the molecule is C[C@H]1CN(Cc2csc(NC(=O)CCCc3cccs3)n2)C[C@H](C)O1. The van der Waals surface area contributed by atoms with Crippen molar-refractivity contribution in [2.75, 3.05) is 18.4 Å². The molecule has 1 aliphatic rings. The van der Waals surface area contributed by atoms with Crippen LogP contribution in [0.1, 0.15) is 37.3 Å². The lowest BCUT2D eigenvalue weighted by Gasteiger charge is -2.34. The number of amides is 1. The molecule has 2 aromatic heterocycles. The number of thiophene rings is 1. The van der Waals surface area contributed by atoms with Crippen LogP contribution in [0.4, 0.5) is 5.13 Å². The van der Waals surface area contributed by atoms with Crippen LogP contribution >= 0.6 is 22.7 Å². The molecule has 3 rings (SSSR count). The van der Waals surface area contributed by atoms with Crippen LogP contribution in [0.25, 0.3) is 0 Å². The van der Waals surface area contributed by atoms with Crippen molar-refractivity contribution in [1.29, 1.82) is 0 Å². The van der Waals surface area contributed by atoms with Crippen molar-refractivity contribution in [3.05, 3.63) is 33.5 Å². The molecule has 7 heteroatoms. The molecule has 1 fully saturated rings. The second kappa shape index (κ2) is 8.89. The number of carbonyl (C=O) groups excluding carboxylic acids is 1. The van der Waals surface area contributed by atoms with Crippen molar-refractivity contribution in [2.45, 2.75) is 51.9 Å². The second-order valence-corrected chi connectivity index (χ2v) is 8.47. The van der Waals surface area contributed by atoms with Crippen LogP contribution in [0.15, 0.2) is 22.9 Å². The van der Waals surface area contributed by atoms with Crippen molar-refractivity contribution in [3.8, 4) is 0 Å². The third-order valence-electron chi connectivity index (χ3n) is 4.09. The van der Waals surface area contributed by atoms with E-state index in [1.54, 1.807) is 11.3 Å². The Morgan fingerprint density at radius 1 is 1.36 bits per heavy atom. The molecule has 0 radical (unpaired) electrons. The molecule has 1 aliphatic heterocycles. The molecule has 0 saturated carbocycles. The van der Waals surface area contributed by atoms with Gasteiger partial charge in [-0.25, -0.2) is 4.98 Å². The van der Waals surface area contributed by atoms with E-state index in [4.69, 9.17) is 4.74 Å². The number of hydrogen-bond donors (Lipinski definition) is 1. The van der Waals surface area contributed by atoms with Crippen molar-refractivity contribution in [2.24, 2.45) is 0 Å². The standard InChI is InChI=1S/C18H25N3O2S2/c1-13-9-21(10-14(2)23-13)11-15-12-25-18(19-15)20-17(22)7-3-5-16-6-4-8-24-16/h4,6,8,12-14H,3,5,7,9-11H2,1-2H3,(H,19,20,22)/t13-,14-/m0/s1. The second-order valence-electron chi connectivity index (χ2n) is 6.58. The number of rotatable bonds is 7. The van der Waals surface area contributed by atoms with Gasteiger partial charge in [-0.1, -0.05) is 6.07 Å². The molecule has 5 nitrogen and oxygen atoms in total. The molecule has 0 aliphatic carbocycles. The topological polar surface area (TPSA) is 54.5 Å². The van der Waals surface area contributed by atoms with Gasteiger partial charge in [-0.05, 0) is 38.1 Å².